The number of thiophene rings is 1. The Morgan fingerprint density at radius 1 is 0.971 bits per heavy atom. The van der Waals surface area contributed by atoms with Crippen molar-refractivity contribution >= 4 is 33.2 Å². The molecule has 4 aromatic rings. The fourth-order valence-electron chi connectivity index (χ4n) is 4.56. The van der Waals surface area contributed by atoms with Crippen molar-refractivity contribution in [2.24, 2.45) is 0 Å². The van der Waals surface area contributed by atoms with Gasteiger partial charge in [-0.15, -0.1) is 11.3 Å². The topological polar surface area (TPSA) is 70.7 Å². The van der Waals surface area contributed by atoms with Gasteiger partial charge in [0.05, 0.1) is 11.9 Å². The van der Waals surface area contributed by atoms with E-state index in [2.05, 4.69) is 26.9 Å². The van der Waals surface area contributed by atoms with E-state index >= 15 is 0 Å². The van der Waals surface area contributed by atoms with Crippen LogP contribution in [0.15, 0.2) is 52.6 Å². The maximum absolute atomic E-state index is 13.0. The van der Waals surface area contributed by atoms with Crippen LogP contribution in [0.1, 0.15) is 11.4 Å². The number of halogens is 1. The van der Waals surface area contributed by atoms with Gasteiger partial charge in [0.1, 0.15) is 10.7 Å². The lowest BCUT2D eigenvalue weighted by molar-refractivity contribution is 0.120. The first-order valence-electron chi connectivity index (χ1n) is 11.2. The second-order valence-corrected chi connectivity index (χ2v) is 9.83. The van der Waals surface area contributed by atoms with Crippen molar-refractivity contribution in [3.63, 3.8) is 0 Å². The summed E-state index contributed by atoms with van der Waals surface area (Å²) in [6, 6.07) is 13.7. The first kappa shape index (κ1) is 21.6. The summed E-state index contributed by atoms with van der Waals surface area (Å²) in [7, 11) is 0. The van der Waals surface area contributed by atoms with Gasteiger partial charge in [-0.2, -0.15) is 0 Å². The molecule has 0 bridgehead atoms. The second kappa shape index (κ2) is 9.03. The summed E-state index contributed by atoms with van der Waals surface area (Å²) < 4.78 is 10.9. The average molecular weight is 495 g/mol. The molecule has 0 spiro atoms. The number of benzene rings is 2. The van der Waals surface area contributed by atoms with E-state index in [0.717, 1.165) is 60.2 Å². The number of piperazine rings is 1. The van der Waals surface area contributed by atoms with Gasteiger partial charge in [-0.1, -0.05) is 35.9 Å². The zero-order chi connectivity index (χ0) is 23.1. The molecule has 34 heavy (non-hydrogen) atoms. The van der Waals surface area contributed by atoms with Gasteiger partial charge in [-0.3, -0.25) is 14.6 Å². The molecule has 1 fully saturated rings. The molecule has 0 aliphatic carbocycles. The highest BCUT2D eigenvalue weighted by atomic mass is 35.5. The standard InChI is InChI=1S/C25H23ClN4O3S/c26-19-4-2-1-3-17(19)18-14-34-25-23(18)24(31)27-22(28-25)13-30-9-7-29(8-10-30)12-16-5-6-20-21(11-16)33-15-32-20/h1-6,11,14H,7-10,12-13,15H2,(H,27,28,31). The van der Waals surface area contributed by atoms with Gasteiger partial charge >= 0.3 is 0 Å². The molecular weight excluding hydrogens is 472 g/mol. The molecule has 0 radical (unpaired) electrons. The highest BCUT2D eigenvalue weighted by Crippen LogP contribution is 2.35. The number of hydrogen-bond donors (Lipinski definition) is 1. The minimum absolute atomic E-state index is 0.113. The lowest BCUT2D eigenvalue weighted by Crippen LogP contribution is -2.45. The SMILES string of the molecule is O=c1[nH]c(CN2CCN(Cc3ccc4c(c3)OCO4)CC2)nc2scc(-c3ccccc3Cl)c12. The summed E-state index contributed by atoms with van der Waals surface area (Å²) in [5, 5.41) is 3.20. The number of aromatic nitrogens is 2. The van der Waals surface area contributed by atoms with E-state index in [1.807, 2.05) is 35.7 Å². The number of nitrogens with zero attached hydrogens (tertiary/aromatic N) is 3. The van der Waals surface area contributed by atoms with Crippen molar-refractivity contribution < 1.29 is 9.47 Å². The third-order valence-corrected chi connectivity index (χ3v) is 7.54. The van der Waals surface area contributed by atoms with Crippen molar-refractivity contribution in [2.75, 3.05) is 33.0 Å². The molecule has 4 heterocycles. The Kier molecular flexibility index (Phi) is 5.74. The monoisotopic (exact) mass is 494 g/mol. The molecule has 174 valence electrons. The fraction of sp³-hybridized carbons (Fsp3) is 0.280. The highest BCUT2D eigenvalue weighted by Gasteiger charge is 2.21. The van der Waals surface area contributed by atoms with E-state index in [9.17, 15) is 4.79 Å². The Hall–Kier alpha value is -2.91. The molecule has 0 atom stereocenters. The molecule has 0 amide bonds. The van der Waals surface area contributed by atoms with Crippen molar-refractivity contribution in [3.8, 4) is 22.6 Å². The predicted octanol–water partition coefficient (Wildman–Crippen LogP) is 4.35. The lowest BCUT2D eigenvalue weighted by atomic mass is 10.1. The van der Waals surface area contributed by atoms with Gasteiger partial charge < -0.3 is 14.5 Å². The first-order valence-corrected chi connectivity index (χ1v) is 12.5. The van der Waals surface area contributed by atoms with E-state index in [0.29, 0.717) is 29.6 Å². The van der Waals surface area contributed by atoms with E-state index in [1.165, 1.54) is 16.9 Å². The van der Waals surface area contributed by atoms with Crippen molar-refractivity contribution in [3.05, 3.63) is 74.6 Å². The Morgan fingerprint density at radius 2 is 1.74 bits per heavy atom. The number of hydrogen-bond acceptors (Lipinski definition) is 7. The minimum atomic E-state index is -0.113. The van der Waals surface area contributed by atoms with Gasteiger partial charge in [-0.05, 0) is 23.8 Å². The Labute approximate surface area is 205 Å². The number of nitrogens with one attached hydrogen (secondary N) is 1. The lowest BCUT2D eigenvalue weighted by Gasteiger charge is -2.34. The van der Waals surface area contributed by atoms with Crippen LogP contribution in [-0.4, -0.2) is 52.7 Å². The first-order chi connectivity index (χ1) is 16.6. The molecule has 9 heteroatoms. The van der Waals surface area contributed by atoms with Gasteiger partial charge in [0.25, 0.3) is 5.56 Å². The third kappa shape index (κ3) is 4.18. The highest BCUT2D eigenvalue weighted by molar-refractivity contribution is 7.17. The minimum Gasteiger partial charge on any atom is -0.454 e. The van der Waals surface area contributed by atoms with Crippen molar-refractivity contribution in [1.29, 1.82) is 0 Å². The molecule has 0 unspecified atom stereocenters. The van der Waals surface area contributed by atoms with Crippen LogP contribution in [-0.2, 0) is 13.1 Å². The summed E-state index contributed by atoms with van der Waals surface area (Å²) in [5.74, 6) is 2.35. The van der Waals surface area contributed by atoms with Crippen LogP contribution in [0.2, 0.25) is 5.02 Å². The number of ether oxygens (including phenoxy) is 2. The predicted molar refractivity (Wildman–Crippen MR) is 134 cm³/mol. The molecule has 0 saturated carbocycles. The number of aromatic amines is 1. The van der Waals surface area contributed by atoms with Gasteiger partial charge in [0.2, 0.25) is 6.79 Å². The molecule has 1 N–H and O–H groups in total. The maximum atomic E-state index is 13.0. The van der Waals surface area contributed by atoms with Crippen LogP contribution in [0.5, 0.6) is 11.5 Å². The Balaban J connectivity index is 1.12. The van der Waals surface area contributed by atoms with Crippen molar-refractivity contribution in [2.45, 2.75) is 13.1 Å². The summed E-state index contributed by atoms with van der Waals surface area (Å²) in [6.07, 6.45) is 0. The van der Waals surface area contributed by atoms with E-state index in [4.69, 9.17) is 26.1 Å². The summed E-state index contributed by atoms with van der Waals surface area (Å²) in [5.41, 5.74) is 2.80. The summed E-state index contributed by atoms with van der Waals surface area (Å²) in [4.78, 5) is 26.2. The van der Waals surface area contributed by atoms with Crippen LogP contribution in [0.25, 0.3) is 21.3 Å². The summed E-state index contributed by atoms with van der Waals surface area (Å²) >= 11 is 7.85. The van der Waals surface area contributed by atoms with Gasteiger partial charge in [0, 0.05) is 54.3 Å². The van der Waals surface area contributed by atoms with Crippen LogP contribution in [0.3, 0.4) is 0 Å². The zero-order valence-corrected chi connectivity index (χ0v) is 20.0. The zero-order valence-electron chi connectivity index (χ0n) is 18.4. The van der Waals surface area contributed by atoms with E-state index < -0.39 is 0 Å². The van der Waals surface area contributed by atoms with Crippen LogP contribution in [0.4, 0.5) is 0 Å². The fourth-order valence-corrected chi connectivity index (χ4v) is 5.76. The molecule has 6 rings (SSSR count). The van der Waals surface area contributed by atoms with Gasteiger partial charge in [-0.25, -0.2) is 4.98 Å². The molecule has 2 aliphatic heterocycles. The molecule has 7 nitrogen and oxygen atoms in total. The van der Waals surface area contributed by atoms with E-state index in [-0.39, 0.29) is 5.56 Å². The normalized spacial score (nSPS) is 16.4. The second-order valence-electron chi connectivity index (χ2n) is 8.56. The third-order valence-electron chi connectivity index (χ3n) is 6.34. The van der Waals surface area contributed by atoms with Crippen LogP contribution in [0, 0.1) is 0 Å². The quantitative estimate of drug-likeness (QED) is 0.445. The molecule has 1 saturated heterocycles. The Bertz CT molecular complexity index is 1410. The number of fused-ring (bicyclic) bond motifs is 2. The molecular formula is C25H23ClN4O3S. The van der Waals surface area contributed by atoms with Gasteiger partial charge in [0.15, 0.2) is 11.5 Å². The molecule has 2 aromatic heterocycles. The van der Waals surface area contributed by atoms with Crippen molar-refractivity contribution in [1.82, 2.24) is 19.8 Å². The smallest absolute Gasteiger partial charge is 0.260 e. The Morgan fingerprint density at radius 3 is 2.56 bits per heavy atom. The summed E-state index contributed by atoms with van der Waals surface area (Å²) in [6.45, 7) is 5.55. The van der Waals surface area contributed by atoms with Crippen LogP contribution >= 0.6 is 22.9 Å². The van der Waals surface area contributed by atoms with Crippen LogP contribution < -0.4 is 15.0 Å². The van der Waals surface area contributed by atoms with E-state index in [1.54, 1.807) is 0 Å². The largest absolute Gasteiger partial charge is 0.454 e. The number of H-pyrrole nitrogens is 1. The average Bonchev–Trinajstić information content (AvgIpc) is 3.48. The number of rotatable bonds is 5. The molecule has 2 aliphatic rings. The maximum Gasteiger partial charge on any atom is 0.260 e. The molecule has 2 aromatic carbocycles.